The van der Waals surface area contributed by atoms with E-state index in [1.807, 2.05) is 19.0 Å². The van der Waals surface area contributed by atoms with Gasteiger partial charge in [0, 0.05) is 6.54 Å². The third-order valence-corrected chi connectivity index (χ3v) is 6.37. The highest BCUT2D eigenvalue weighted by Gasteiger charge is 2.46. The van der Waals surface area contributed by atoms with Crippen molar-refractivity contribution in [3.05, 3.63) is 57.1 Å². The van der Waals surface area contributed by atoms with Gasteiger partial charge in [-0.1, -0.05) is 35.3 Å². The maximum Gasteiger partial charge on any atom is 0.295 e. The van der Waals surface area contributed by atoms with E-state index in [2.05, 4.69) is 0 Å². The zero-order valence-corrected chi connectivity index (χ0v) is 21.7. The minimum Gasteiger partial charge on any atom is -0.507 e. The number of Topliss-reactive ketones (excluding diaryl/α,β-unsaturated/α-hetero) is 1. The Labute approximate surface area is 214 Å². The number of rotatable bonds is 9. The van der Waals surface area contributed by atoms with E-state index in [4.69, 9.17) is 37.4 Å². The molecule has 1 aliphatic heterocycles. The van der Waals surface area contributed by atoms with Crippen molar-refractivity contribution in [1.29, 1.82) is 0 Å². The smallest absolute Gasteiger partial charge is 0.295 e. The highest BCUT2D eigenvalue weighted by Crippen LogP contribution is 2.47. The van der Waals surface area contributed by atoms with E-state index in [1.165, 1.54) is 32.3 Å². The number of benzene rings is 2. The second kappa shape index (κ2) is 11.2. The Morgan fingerprint density at radius 2 is 1.74 bits per heavy atom. The third kappa shape index (κ3) is 5.19. The predicted molar refractivity (Wildman–Crippen MR) is 135 cm³/mol. The van der Waals surface area contributed by atoms with Gasteiger partial charge >= 0.3 is 0 Å². The van der Waals surface area contributed by atoms with E-state index < -0.39 is 23.5 Å². The lowest BCUT2D eigenvalue weighted by molar-refractivity contribution is -0.139. The quantitative estimate of drug-likeness (QED) is 0.296. The van der Waals surface area contributed by atoms with E-state index >= 15 is 0 Å². The van der Waals surface area contributed by atoms with E-state index in [0.29, 0.717) is 30.8 Å². The minimum absolute atomic E-state index is 0.0298. The second-order valence-corrected chi connectivity index (χ2v) is 9.00. The maximum atomic E-state index is 13.3. The molecule has 188 valence electrons. The molecule has 0 aliphatic carbocycles. The van der Waals surface area contributed by atoms with Crippen LogP contribution in [0.15, 0.2) is 35.9 Å². The summed E-state index contributed by atoms with van der Waals surface area (Å²) in [4.78, 5) is 29.9. The summed E-state index contributed by atoms with van der Waals surface area (Å²) in [6.45, 7) is 1.02. The number of carbonyl (C=O) groups excluding carboxylic acids is 2. The molecule has 2 aromatic carbocycles. The van der Waals surface area contributed by atoms with Gasteiger partial charge in [-0.15, -0.1) is 0 Å². The van der Waals surface area contributed by atoms with Crippen LogP contribution >= 0.6 is 23.2 Å². The average Bonchev–Trinajstić information content (AvgIpc) is 3.08. The number of ether oxygens (including phenoxy) is 3. The first-order valence-electron chi connectivity index (χ1n) is 10.8. The molecular weight excluding hydrogens is 495 g/mol. The third-order valence-electron chi connectivity index (χ3n) is 5.75. The SMILES string of the molecule is COc1cccc(C2/C(=C(\O)c3cc(Cl)c(OC)c(Cl)c3OC)C(=O)C(=O)N2CCCN(C)C)c1. The number of hydrogen-bond acceptors (Lipinski definition) is 7. The molecule has 1 atom stereocenters. The standard InChI is InChI=1S/C25H28Cl2N2O6/c1-28(2)10-7-11-29-20(14-8-6-9-15(12-14)33-3)18(22(31)25(29)32)21(30)16-13-17(26)24(35-5)19(27)23(16)34-4/h6,8-9,12-13,20,30H,7,10-11H2,1-5H3/b21-18+. The van der Waals surface area contributed by atoms with Crippen molar-refractivity contribution in [1.82, 2.24) is 9.80 Å². The lowest BCUT2D eigenvalue weighted by Crippen LogP contribution is -2.32. The van der Waals surface area contributed by atoms with Gasteiger partial charge in [0.25, 0.3) is 11.7 Å². The Morgan fingerprint density at radius 1 is 1.06 bits per heavy atom. The molecule has 0 bridgehead atoms. The molecule has 8 nitrogen and oxygen atoms in total. The topological polar surface area (TPSA) is 88.5 Å². The fourth-order valence-corrected chi connectivity index (χ4v) is 4.80. The average molecular weight is 523 g/mol. The summed E-state index contributed by atoms with van der Waals surface area (Å²) in [6.07, 6.45) is 0.629. The molecule has 35 heavy (non-hydrogen) atoms. The van der Waals surface area contributed by atoms with Crippen LogP contribution in [0.2, 0.25) is 10.0 Å². The van der Waals surface area contributed by atoms with Gasteiger partial charge in [0.1, 0.15) is 16.5 Å². The lowest BCUT2D eigenvalue weighted by Gasteiger charge is -2.26. The van der Waals surface area contributed by atoms with Gasteiger partial charge in [0.2, 0.25) is 0 Å². The Kier molecular flexibility index (Phi) is 8.53. The molecule has 1 N–H and O–H groups in total. The van der Waals surface area contributed by atoms with Crippen LogP contribution in [0.25, 0.3) is 5.76 Å². The van der Waals surface area contributed by atoms with Crippen LogP contribution in [0, 0.1) is 0 Å². The van der Waals surface area contributed by atoms with Crippen LogP contribution in [0.1, 0.15) is 23.6 Å². The Balaban J connectivity index is 2.24. The second-order valence-electron chi connectivity index (χ2n) is 8.21. The number of aliphatic hydroxyl groups is 1. The molecule has 2 aromatic rings. The highest BCUT2D eigenvalue weighted by atomic mass is 35.5. The van der Waals surface area contributed by atoms with Crippen molar-refractivity contribution in [2.45, 2.75) is 12.5 Å². The van der Waals surface area contributed by atoms with E-state index in [9.17, 15) is 14.7 Å². The Morgan fingerprint density at radius 3 is 2.34 bits per heavy atom. The molecule has 1 unspecified atom stereocenters. The van der Waals surface area contributed by atoms with Crippen LogP contribution in [0.3, 0.4) is 0 Å². The van der Waals surface area contributed by atoms with Crippen molar-refractivity contribution in [2.24, 2.45) is 0 Å². The molecule has 1 fully saturated rings. The minimum atomic E-state index is -0.850. The number of carbonyl (C=O) groups is 2. The van der Waals surface area contributed by atoms with Crippen LogP contribution in [0.4, 0.5) is 0 Å². The molecule has 0 saturated carbocycles. The van der Waals surface area contributed by atoms with E-state index in [0.717, 1.165) is 0 Å². The fourth-order valence-electron chi connectivity index (χ4n) is 4.12. The highest BCUT2D eigenvalue weighted by molar-refractivity contribution is 6.47. The van der Waals surface area contributed by atoms with E-state index in [1.54, 1.807) is 24.3 Å². The summed E-state index contributed by atoms with van der Waals surface area (Å²) in [5.74, 6) is -1.19. The van der Waals surface area contributed by atoms with Crippen molar-refractivity contribution < 1.29 is 28.9 Å². The van der Waals surface area contributed by atoms with Gasteiger partial charge in [-0.3, -0.25) is 9.59 Å². The van der Waals surface area contributed by atoms with Gasteiger partial charge in [-0.2, -0.15) is 0 Å². The normalized spacial score (nSPS) is 17.3. The van der Waals surface area contributed by atoms with Gasteiger partial charge in [0.15, 0.2) is 11.5 Å². The number of nitrogens with zero attached hydrogens (tertiary/aromatic N) is 2. The van der Waals surface area contributed by atoms with Crippen LogP contribution < -0.4 is 14.2 Å². The fraction of sp³-hybridized carbons (Fsp3) is 0.360. The van der Waals surface area contributed by atoms with Gasteiger partial charge in [-0.05, 0) is 50.8 Å². The summed E-state index contributed by atoms with van der Waals surface area (Å²) in [7, 11) is 8.15. The first-order valence-corrected chi connectivity index (χ1v) is 11.6. The maximum absolute atomic E-state index is 13.3. The van der Waals surface area contributed by atoms with E-state index in [-0.39, 0.29) is 32.7 Å². The van der Waals surface area contributed by atoms with Crippen molar-refractivity contribution in [3.63, 3.8) is 0 Å². The monoisotopic (exact) mass is 522 g/mol. The molecule has 10 heteroatoms. The number of halogens is 2. The van der Waals surface area contributed by atoms with Gasteiger partial charge < -0.3 is 29.1 Å². The molecule has 0 aromatic heterocycles. The Bertz CT molecular complexity index is 1160. The first kappa shape index (κ1) is 26.7. The van der Waals surface area contributed by atoms with Crippen molar-refractivity contribution >= 4 is 40.7 Å². The van der Waals surface area contributed by atoms with Gasteiger partial charge in [-0.25, -0.2) is 0 Å². The summed E-state index contributed by atoms with van der Waals surface area (Å²) in [6, 6.07) is 7.56. The summed E-state index contributed by atoms with van der Waals surface area (Å²) in [5, 5.41) is 11.6. The molecule has 0 radical (unpaired) electrons. The number of likely N-dealkylation sites (tertiary alicyclic amines) is 1. The first-order chi connectivity index (χ1) is 16.7. The number of amides is 1. The number of ketones is 1. The van der Waals surface area contributed by atoms with Crippen LogP contribution in [-0.4, -0.2) is 75.1 Å². The molecule has 1 aliphatic rings. The Hall–Kier alpha value is -2.94. The summed E-state index contributed by atoms with van der Waals surface area (Å²) >= 11 is 12.7. The van der Waals surface area contributed by atoms with Crippen molar-refractivity contribution in [3.8, 4) is 17.2 Å². The molecule has 3 rings (SSSR count). The summed E-state index contributed by atoms with van der Waals surface area (Å²) < 4.78 is 16.0. The zero-order chi connectivity index (χ0) is 25.9. The predicted octanol–water partition coefficient (Wildman–Crippen LogP) is 4.39. The van der Waals surface area contributed by atoms with Gasteiger partial charge in [0.05, 0.1) is 43.5 Å². The van der Waals surface area contributed by atoms with Crippen LogP contribution in [0.5, 0.6) is 17.2 Å². The molecule has 1 saturated heterocycles. The number of methoxy groups -OCH3 is 3. The summed E-state index contributed by atoms with van der Waals surface area (Å²) in [5.41, 5.74) is 0.589. The number of hydrogen-bond donors (Lipinski definition) is 1. The zero-order valence-electron chi connectivity index (χ0n) is 20.2. The molecule has 0 spiro atoms. The van der Waals surface area contributed by atoms with Crippen molar-refractivity contribution in [2.75, 3.05) is 48.5 Å². The molecule has 1 heterocycles. The number of aliphatic hydroxyl groups excluding tert-OH is 1. The largest absolute Gasteiger partial charge is 0.507 e. The molecule has 1 amide bonds. The molecular formula is C25H28Cl2N2O6. The lowest BCUT2D eigenvalue weighted by atomic mass is 9.94. The van der Waals surface area contributed by atoms with Crippen LogP contribution in [-0.2, 0) is 9.59 Å².